The molecule has 7 nitrogen and oxygen atoms in total. The van der Waals surface area contributed by atoms with E-state index in [4.69, 9.17) is 11.3 Å². The molecule has 33 heavy (non-hydrogen) atoms. The highest BCUT2D eigenvalue weighted by molar-refractivity contribution is 7.30. The zero-order chi connectivity index (χ0) is 22.9. The van der Waals surface area contributed by atoms with Crippen LogP contribution in [0.1, 0.15) is 32.6 Å². The molecule has 0 aliphatic rings. The van der Waals surface area contributed by atoms with Gasteiger partial charge in [-0.3, -0.25) is 0 Å². The van der Waals surface area contributed by atoms with Gasteiger partial charge in [-0.15, -0.1) is 21.6 Å². The number of azo groups is 2. The molecule has 0 radical (unpaired) electrons. The van der Waals surface area contributed by atoms with Crippen LogP contribution in [0.15, 0.2) is 75.1 Å². The van der Waals surface area contributed by atoms with Crippen molar-refractivity contribution in [1.82, 2.24) is 4.98 Å². The third-order valence-corrected chi connectivity index (χ3v) is 6.60. The van der Waals surface area contributed by atoms with Gasteiger partial charge >= 0.3 is 0 Å². The lowest BCUT2D eigenvalue weighted by molar-refractivity contribution is 0.305. The summed E-state index contributed by atoms with van der Waals surface area (Å²) in [5.41, 5.74) is 2.20. The summed E-state index contributed by atoms with van der Waals surface area (Å²) in [6.07, 6.45) is 4.77. The molecule has 0 aliphatic heterocycles. The third kappa shape index (κ3) is 6.51. The van der Waals surface area contributed by atoms with E-state index < -0.39 is 0 Å². The molecule has 4 aromatic rings. The lowest BCUT2D eigenvalue weighted by Crippen LogP contribution is -1.96. The van der Waals surface area contributed by atoms with E-state index in [1.165, 1.54) is 41.9 Å². The molecular formula is C24H22N6OS2. The van der Waals surface area contributed by atoms with Crippen molar-refractivity contribution in [2.75, 3.05) is 6.61 Å². The van der Waals surface area contributed by atoms with E-state index in [2.05, 4.69) is 37.2 Å². The number of aromatic nitrogens is 1. The predicted molar refractivity (Wildman–Crippen MR) is 135 cm³/mol. The van der Waals surface area contributed by atoms with Gasteiger partial charge in [0, 0.05) is 0 Å². The molecule has 0 unspecified atom stereocenters. The van der Waals surface area contributed by atoms with Crippen LogP contribution in [0.3, 0.4) is 0 Å². The van der Waals surface area contributed by atoms with Crippen LogP contribution in [0.5, 0.6) is 5.75 Å². The van der Waals surface area contributed by atoms with Gasteiger partial charge in [0.05, 0.1) is 34.9 Å². The van der Waals surface area contributed by atoms with Crippen molar-refractivity contribution in [3.8, 4) is 5.75 Å². The Kier molecular flexibility index (Phi) is 7.85. The number of ether oxygens (including phenoxy) is 1. The first-order chi connectivity index (χ1) is 16.2. The molecule has 9 heteroatoms. The van der Waals surface area contributed by atoms with Crippen molar-refractivity contribution >= 4 is 59.4 Å². The first-order valence-corrected chi connectivity index (χ1v) is 12.3. The molecule has 0 aliphatic carbocycles. The Morgan fingerprint density at radius 3 is 2.09 bits per heavy atom. The molecule has 0 fully saturated rings. The monoisotopic (exact) mass is 474 g/mol. The van der Waals surface area contributed by atoms with E-state index in [0.717, 1.165) is 39.7 Å². The molecule has 0 saturated heterocycles. The molecule has 2 aromatic carbocycles. The van der Waals surface area contributed by atoms with E-state index in [-0.39, 0.29) is 0 Å². The number of thiazole rings is 1. The summed E-state index contributed by atoms with van der Waals surface area (Å²) in [7, 11) is 0. The largest absolute Gasteiger partial charge is 0.494 e. The minimum absolute atomic E-state index is 0.574. The van der Waals surface area contributed by atoms with Crippen molar-refractivity contribution in [2.45, 2.75) is 32.6 Å². The van der Waals surface area contributed by atoms with Crippen molar-refractivity contribution in [1.29, 1.82) is 0 Å². The summed E-state index contributed by atoms with van der Waals surface area (Å²) in [5.74, 6) is 0.854. The smallest absolute Gasteiger partial charge is 0.244 e. The fourth-order valence-electron chi connectivity index (χ4n) is 2.94. The number of fused-ring (bicyclic) bond motifs is 1. The molecule has 0 bridgehead atoms. The van der Waals surface area contributed by atoms with Gasteiger partial charge in [-0.1, -0.05) is 37.5 Å². The lowest BCUT2D eigenvalue weighted by Gasteiger charge is -2.05. The average molecular weight is 475 g/mol. The summed E-state index contributed by atoms with van der Waals surface area (Å²) in [6, 6.07) is 16.8. The second-order valence-corrected chi connectivity index (χ2v) is 9.20. The Bertz CT molecular complexity index is 1250. The molecule has 2 heterocycles. The first kappa shape index (κ1) is 22.7. The van der Waals surface area contributed by atoms with Gasteiger partial charge in [-0.05, 0) is 61.0 Å². The van der Waals surface area contributed by atoms with E-state index in [1.807, 2.05) is 54.6 Å². The number of nitrogens with zero attached hydrogens (tertiary/aromatic N) is 6. The predicted octanol–water partition coefficient (Wildman–Crippen LogP) is 9.70. The van der Waals surface area contributed by atoms with Gasteiger partial charge in [-0.25, -0.2) is 9.83 Å². The van der Waals surface area contributed by atoms with Crippen molar-refractivity contribution in [2.24, 2.45) is 20.5 Å². The molecular weight excluding hydrogens is 452 g/mol. The van der Waals surface area contributed by atoms with Gasteiger partial charge in [0.1, 0.15) is 10.6 Å². The van der Waals surface area contributed by atoms with Gasteiger partial charge in [-0.2, -0.15) is 10.2 Å². The average Bonchev–Trinajstić information content (AvgIpc) is 3.41. The number of rotatable bonds is 10. The van der Waals surface area contributed by atoms with E-state index in [1.54, 1.807) is 0 Å². The fourth-order valence-corrected chi connectivity index (χ4v) is 4.75. The number of benzene rings is 2. The molecule has 0 spiro atoms. The maximum Gasteiger partial charge on any atom is 0.244 e. The highest BCUT2D eigenvalue weighted by Crippen LogP contribution is 2.38. The van der Waals surface area contributed by atoms with Crippen LogP contribution in [-0.4, -0.2) is 11.6 Å². The van der Waals surface area contributed by atoms with Crippen molar-refractivity contribution in [3.05, 3.63) is 66.0 Å². The summed E-state index contributed by atoms with van der Waals surface area (Å²) in [4.78, 5) is 8.65. The molecule has 166 valence electrons. The van der Waals surface area contributed by atoms with Gasteiger partial charge in [0.25, 0.3) is 0 Å². The Hall–Kier alpha value is -3.48. The van der Waals surface area contributed by atoms with Gasteiger partial charge in [0.15, 0.2) is 0 Å². The molecule has 2 aromatic heterocycles. The number of hydrogen-bond donors (Lipinski definition) is 0. The van der Waals surface area contributed by atoms with E-state index in [0.29, 0.717) is 15.8 Å². The molecule has 4 rings (SSSR count). The van der Waals surface area contributed by atoms with Crippen LogP contribution < -0.4 is 4.74 Å². The molecule has 0 N–H and O–H groups in total. The van der Waals surface area contributed by atoms with Crippen molar-refractivity contribution in [3.63, 3.8) is 0 Å². The normalized spacial score (nSPS) is 11.5. The lowest BCUT2D eigenvalue weighted by atomic mass is 10.2. The second kappa shape index (κ2) is 11.4. The summed E-state index contributed by atoms with van der Waals surface area (Å²) >= 11 is 2.79. The SMILES string of the molecule is [C-]#[N+]c1cc2sc(N=Nc3ccc(N=Nc4ccc(OCCCCCC)cc4)cc3)nc2s1. The summed E-state index contributed by atoms with van der Waals surface area (Å²) < 4.78 is 6.72. The Labute approximate surface area is 200 Å². The number of thiophene rings is 1. The fraction of sp³-hybridized carbons (Fsp3) is 0.250. The van der Waals surface area contributed by atoms with Crippen LogP contribution in [0.25, 0.3) is 14.4 Å². The van der Waals surface area contributed by atoms with E-state index >= 15 is 0 Å². The maximum absolute atomic E-state index is 7.06. The van der Waals surface area contributed by atoms with Crippen LogP contribution in [0.4, 0.5) is 27.2 Å². The van der Waals surface area contributed by atoms with Gasteiger partial charge < -0.3 is 4.74 Å². The third-order valence-electron chi connectivity index (χ3n) is 4.66. The topological polar surface area (TPSA) is 75.9 Å². The minimum Gasteiger partial charge on any atom is -0.494 e. The minimum atomic E-state index is 0.574. The Morgan fingerprint density at radius 1 is 0.848 bits per heavy atom. The van der Waals surface area contributed by atoms with Crippen molar-refractivity contribution < 1.29 is 4.74 Å². The molecule has 0 saturated carbocycles. The van der Waals surface area contributed by atoms with Crippen LogP contribution in [-0.2, 0) is 0 Å². The van der Waals surface area contributed by atoms with E-state index in [9.17, 15) is 0 Å². The highest BCUT2D eigenvalue weighted by atomic mass is 32.1. The molecule has 0 atom stereocenters. The second-order valence-electron chi connectivity index (χ2n) is 7.18. The highest BCUT2D eigenvalue weighted by Gasteiger charge is 2.07. The zero-order valence-corrected chi connectivity index (χ0v) is 19.8. The Morgan fingerprint density at radius 2 is 1.48 bits per heavy atom. The zero-order valence-electron chi connectivity index (χ0n) is 18.1. The van der Waals surface area contributed by atoms with Crippen LogP contribution >= 0.6 is 22.7 Å². The van der Waals surface area contributed by atoms with Crippen LogP contribution in [0.2, 0.25) is 0 Å². The standard InChI is InChI=1S/C24H22N6OS2/c1-3-4-5-6-15-31-20-13-11-19(12-14-20)28-27-17-7-9-18(10-8-17)29-30-24-26-23-21(32-24)16-22(25-2)33-23/h7-14,16H,3-6,15H2,1H3. The Balaban J connectivity index is 1.29. The maximum atomic E-state index is 7.06. The van der Waals surface area contributed by atoms with Gasteiger partial charge in [0.2, 0.25) is 10.1 Å². The van der Waals surface area contributed by atoms with Crippen LogP contribution in [0, 0.1) is 6.57 Å². The summed E-state index contributed by atoms with van der Waals surface area (Å²) in [6.45, 7) is 10.0. The summed E-state index contributed by atoms with van der Waals surface area (Å²) in [5, 5.41) is 18.2. The number of hydrogen-bond acceptors (Lipinski definition) is 8. The number of unbranched alkanes of at least 4 members (excludes halogenated alkanes) is 3. The quantitative estimate of drug-likeness (QED) is 0.130. The first-order valence-electron chi connectivity index (χ1n) is 10.7. The molecule has 0 amide bonds.